The molecule has 3 aromatic carbocycles. The lowest BCUT2D eigenvalue weighted by Gasteiger charge is -2.45. The van der Waals surface area contributed by atoms with Gasteiger partial charge in [-0.05, 0) is 66.1 Å². The van der Waals surface area contributed by atoms with Gasteiger partial charge < -0.3 is 26.2 Å². The first kappa shape index (κ1) is 33.1. The van der Waals surface area contributed by atoms with E-state index in [1.807, 2.05) is 0 Å². The van der Waals surface area contributed by atoms with Gasteiger partial charge in [0.05, 0.1) is 35.9 Å². The Balaban J connectivity index is 1.74. The molecule has 1 aromatic heterocycles. The molecular formula is C34H31FN6O7. The second kappa shape index (κ2) is 13.2. The zero-order valence-electron chi connectivity index (χ0n) is 26.0. The van der Waals surface area contributed by atoms with Crippen molar-refractivity contribution >= 4 is 52.5 Å². The van der Waals surface area contributed by atoms with Crippen molar-refractivity contribution in [3.63, 3.8) is 0 Å². The zero-order chi connectivity index (χ0) is 34.7. The summed E-state index contributed by atoms with van der Waals surface area (Å²) < 4.78 is 20.3. The molecule has 5 amide bonds. The molecule has 13 nitrogen and oxygen atoms in total. The number of rotatable bonds is 9. The average Bonchev–Trinajstić information content (AvgIpc) is 3.14. The number of fused-ring (bicyclic) bond motifs is 1. The number of aromatic nitrogens is 1. The van der Waals surface area contributed by atoms with Crippen molar-refractivity contribution in [3.05, 3.63) is 108 Å². The van der Waals surface area contributed by atoms with E-state index in [9.17, 15) is 29.1 Å². The molecule has 4 aromatic rings. The number of nitrogens with one attached hydrogen (secondary N) is 2. The first-order valence-electron chi connectivity index (χ1n) is 14.6. The van der Waals surface area contributed by atoms with Gasteiger partial charge in [-0.2, -0.15) is 0 Å². The van der Waals surface area contributed by atoms with Crippen LogP contribution in [0, 0.1) is 11.7 Å². The number of nitrogens with two attached hydrogens (primary N) is 1. The fourth-order valence-corrected chi connectivity index (χ4v) is 5.84. The van der Waals surface area contributed by atoms with Gasteiger partial charge >= 0.3 is 12.0 Å². The molecule has 0 aliphatic carbocycles. The van der Waals surface area contributed by atoms with E-state index in [1.54, 1.807) is 38.1 Å². The van der Waals surface area contributed by atoms with Crippen LogP contribution in [0.25, 0.3) is 0 Å². The van der Waals surface area contributed by atoms with E-state index in [1.165, 1.54) is 62.0 Å². The van der Waals surface area contributed by atoms with Gasteiger partial charge in [0.15, 0.2) is 11.6 Å². The Morgan fingerprint density at radius 3 is 2.31 bits per heavy atom. The molecule has 48 heavy (non-hydrogen) atoms. The third-order valence-electron chi connectivity index (χ3n) is 7.99. The lowest BCUT2D eigenvalue weighted by atomic mass is 9.76. The van der Waals surface area contributed by atoms with Crippen LogP contribution in [0.4, 0.5) is 31.9 Å². The van der Waals surface area contributed by atoms with E-state index in [0.29, 0.717) is 5.75 Å². The third kappa shape index (κ3) is 5.86. The van der Waals surface area contributed by atoms with Gasteiger partial charge in [-0.15, -0.1) is 0 Å². The highest BCUT2D eigenvalue weighted by atomic mass is 19.1. The topological polar surface area (TPSA) is 184 Å². The van der Waals surface area contributed by atoms with Crippen molar-refractivity contribution in [2.24, 2.45) is 11.7 Å². The average molecular weight is 655 g/mol. The van der Waals surface area contributed by atoms with Gasteiger partial charge in [-0.25, -0.2) is 14.0 Å². The normalized spacial score (nSPS) is 15.6. The summed E-state index contributed by atoms with van der Waals surface area (Å²) in [5.74, 6) is -5.34. The van der Waals surface area contributed by atoms with Crippen LogP contribution in [0.1, 0.15) is 29.8 Å². The summed E-state index contributed by atoms with van der Waals surface area (Å²) in [5, 5.41) is 14.2. The first-order chi connectivity index (χ1) is 22.9. The van der Waals surface area contributed by atoms with E-state index in [-0.39, 0.29) is 33.9 Å². The Bertz CT molecular complexity index is 1900. The summed E-state index contributed by atoms with van der Waals surface area (Å²) in [7, 11) is 1.46. The van der Waals surface area contributed by atoms with Crippen molar-refractivity contribution in [2.45, 2.75) is 25.4 Å². The Morgan fingerprint density at radius 2 is 1.71 bits per heavy atom. The number of aromatic carboxylic acids is 1. The van der Waals surface area contributed by atoms with Gasteiger partial charge in [-0.3, -0.25) is 29.2 Å². The molecule has 0 saturated heterocycles. The van der Waals surface area contributed by atoms with Gasteiger partial charge in [0, 0.05) is 18.0 Å². The van der Waals surface area contributed by atoms with Crippen LogP contribution in [0.2, 0.25) is 0 Å². The van der Waals surface area contributed by atoms with Crippen molar-refractivity contribution < 1.29 is 38.2 Å². The molecule has 0 bridgehead atoms. The van der Waals surface area contributed by atoms with E-state index in [2.05, 4.69) is 15.6 Å². The van der Waals surface area contributed by atoms with Gasteiger partial charge in [0.25, 0.3) is 11.8 Å². The number of methoxy groups -OCH3 is 1. The number of anilines is 4. The summed E-state index contributed by atoms with van der Waals surface area (Å²) in [6.45, 7) is 3.31. The Hall–Kier alpha value is -6.31. The fourth-order valence-electron chi connectivity index (χ4n) is 5.84. The number of benzene rings is 3. The molecule has 2 unspecified atom stereocenters. The van der Waals surface area contributed by atoms with Crippen molar-refractivity contribution in [1.82, 2.24) is 10.3 Å². The van der Waals surface area contributed by atoms with Crippen LogP contribution >= 0.6 is 0 Å². The zero-order valence-corrected chi connectivity index (χ0v) is 26.0. The maximum atomic E-state index is 15.0. The van der Waals surface area contributed by atoms with Crippen molar-refractivity contribution in [3.8, 4) is 5.75 Å². The van der Waals surface area contributed by atoms with Crippen molar-refractivity contribution in [2.75, 3.05) is 22.2 Å². The number of carboxylic acid groups (broad SMARTS) is 1. The summed E-state index contributed by atoms with van der Waals surface area (Å²) in [6, 6.07) is 14.9. The molecule has 0 fully saturated rings. The van der Waals surface area contributed by atoms with E-state index < -0.39 is 53.0 Å². The number of carbonyl (C=O) groups excluding carboxylic acids is 4. The minimum Gasteiger partial charge on any atom is -0.497 e. The lowest BCUT2D eigenvalue weighted by Crippen LogP contribution is -2.65. The Kier molecular flexibility index (Phi) is 9.09. The molecule has 1 aliphatic rings. The van der Waals surface area contributed by atoms with Crippen LogP contribution < -0.4 is 30.9 Å². The predicted molar refractivity (Wildman–Crippen MR) is 173 cm³/mol. The number of hydrogen-bond donors (Lipinski definition) is 4. The largest absolute Gasteiger partial charge is 0.497 e. The van der Waals surface area contributed by atoms with E-state index in [0.717, 1.165) is 21.9 Å². The predicted octanol–water partition coefficient (Wildman–Crippen LogP) is 4.17. The number of nitrogens with zero attached hydrogens (tertiary/aromatic N) is 3. The second-order valence-electron chi connectivity index (χ2n) is 11.1. The van der Waals surface area contributed by atoms with Crippen LogP contribution in [0.3, 0.4) is 0 Å². The highest BCUT2D eigenvalue weighted by Crippen LogP contribution is 2.47. The molecule has 246 valence electrons. The second-order valence-corrected chi connectivity index (χ2v) is 11.1. The van der Waals surface area contributed by atoms with Crippen LogP contribution in [-0.4, -0.2) is 53.0 Å². The molecule has 5 rings (SSSR count). The van der Waals surface area contributed by atoms with E-state index >= 15 is 4.39 Å². The standard InChI is InChI=1S/C34H31FN6O7/c1-19(2)34(32(36)46,21-9-12-25(48-3)13-10-21)41-26-14-11-22(35)17-27(26)40(24-8-5-15-37-18-24)29(42)28(30(41)43)39-33(47)38-23-7-4-6-20(16-23)31(44)45/h4-19,28H,1-3H3,(H2,36,46)(H,44,45)(H2,38,39,47). The molecular weight excluding hydrogens is 623 g/mol. The maximum absolute atomic E-state index is 15.0. The number of ether oxygens (including phenoxy) is 1. The van der Waals surface area contributed by atoms with Crippen LogP contribution in [-0.2, 0) is 19.9 Å². The third-order valence-corrected chi connectivity index (χ3v) is 7.99. The number of urea groups is 1. The number of carbonyl (C=O) groups is 5. The summed E-state index contributed by atoms with van der Waals surface area (Å²) in [5.41, 5.74) is 4.32. The smallest absolute Gasteiger partial charge is 0.335 e. The van der Waals surface area contributed by atoms with Crippen molar-refractivity contribution in [1.29, 1.82) is 0 Å². The highest BCUT2D eigenvalue weighted by Gasteiger charge is 2.55. The lowest BCUT2D eigenvalue weighted by molar-refractivity contribution is -0.134. The SMILES string of the molecule is COc1ccc(C(C(N)=O)(C(C)C)N2C(=O)C(NC(=O)Nc3cccc(C(=O)O)c3)C(=O)N(c3cccnc3)c3cc(F)ccc32)cc1. The van der Waals surface area contributed by atoms with Gasteiger partial charge in [0.2, 0.25) is 5.91 Å². The number of pyridine rings is 1. The Labute approximate surface area is 274 Å². The summed E-state index contributed by atoms with van der Waals surface area (Å²) in [4.78, 5) is 74.2. The number of amides is 5. The number of carboxylic acids is 1. The fraction of sp³-hybridized carbons (Fsp3) is 0.176. The molecule has 0 spiro atoms. The van der Waals surface area contributed by atoms with Crippen LogP contribution in [0.5, 0.6) is 5.75 Å². The van der Waals surface area contributed by atoms with Crippen LogP contribution in [0.15, 0.2) is 91.3 Å². The number of halogens is 1. The number of primary amides is 1. The highest BCUT2D eigenvalue weighted by molar-refractivity contribution is 6.25. The molecule has 14 heteroatoms. The molecule has 0 radical (unpaired) electrons. The minimum absolute atomic E-state index is 0.0548. The molecule has 1 aliphatic heterocycles. The molecule has 5 N–H and O–H groups in total. The van der Waals surface area contributed by atoms with Gasteiger partial charge in [0.1, 0.15) is 11.6 Å². The summed E-state index contributed by atoms with van der Waals surface area (Å²) >= 11 is 0. The monoisotopic (exact) mass is 654 g/mol. The first-order valence-corrected chi connectivity index (χ1v) is 14.6. The van der Waals surface area contributed by atoms with Gasteiger partial charge in [-0.1, -0.05) is 32.0 Å². The maximum Gasteiger partial charge on any atom is 0.335 e. The van der Waals surface area contributed by atoms with E-state index in [4.69, 9.17) is 10.5 Å². The summed E-state index contributed by atoms with van der Waals surface area (Å²) in [6.07, 6.45) is 2.76. The molecule has 2 heterocycles. The quantitative estimate of drug-likeness (QED) is 0.194. The Morgan fingerprint density at radius 1 is 0.979 bits per heavy atom. The molecule has 2 atom stereocenters. The number of hydrogen-bond acceptors (Lipinski definition) is 7. The minimum atomic E-state index is -2.01. The molecule has 0 saturated carbocycles.